The minimum Gasteiger partial charge on any atom is -0.475 e. The van der Waals surface area contributed by atoms with Gasteiger partial charge in [0.2, 0.25) is 11.8 Å². The molecule has 26 heavy (non-hydrogen) atoms. The molecule has 1 atom stereocenters. The lowest BCUT2D eigenvalue weighted by Crippen LogP contribution is -2.52. The van der Waals surface area contributed by atoms with Gasteiger partial charge in [0.15, 0.2) is 0 Å². The van der Waals surface area contributed by atoms with Crippen molar-refractivity contribution in [2.75, 3.05) is 0 Å². The van der Waals surface area contributed by atoms with Crippen LogP contribution in [0, 0.1) is 0 Å². The molecular formula is C14H14F3N3O5S. The van der Waals surface area contributed by atoms with E-state index >= 15 is 0 Å². The SMILES string of the molecule is NCc1cc2c(s1)C(=O)N(C1CCC(=O)NC1=O)C2.O=C(O)C(F)(F)F. The Labute approximate surface area is 148 Å². The number of carbonyl (C=O) groups excluding carboxylic acids is 3. The number of imide groups is 1. The quantitative estimate of drug-likeness (QED) is 0.631. The van der Waals surface area contributed by atoms with Crippen LogP contribution in [-0.4, -0.2) is 45.9 Å². The Morgan fingerprint density at radius 2 is 2.00 bits per heavy atom. The summed E-state index contributed by atoms with van der Waals surface area (Å²) >= 11 is 1.38. The van der Waals surface area contributed by atoms with Crippen LogP contribution in [0.1, 0.15) is 33.0 Å². The number of nitrogens with one attached hydrogen (secondary N) is 1. The monoisotopic (exact) mass is 393 g/mol. The maximum absolute atomic E-state index is 12.3. The second-order valence-electron chi connectivity index (χ2n) is 5.47. The van der Waals surface area contributed by atoms with Gasteiger partial charge in [-0.25, -0.2) is 4.79 Å². The van der Waals surface area contributed by atoms with Gasteiger partial charge in [-0.15, -0.1) is 11.3 Å². The Hall–Kier alpha value is -2.47. The number of alkyl halides is 3. The van der Waals surface area contributed by atoms with Crippen LogP contribution in [-0.2, 0) is 27.5 Å². The molecule has 1 aromatic rings. The van der Waals surface area contributed by atoms with Gasteiger partial charge in [-0.2, -0.15) is 13.2 Å². The van der Waals surface area contributed by atoms with E-state index in [1.807, 2.05) is 6.07 Å². The zero-order chi connectivity index (χ0) is 19.6. The van der Waals surface area contributed by atoms with Crippen molar-refractivity contribution in [2.24, 2.45) is 5.73 Å². The number of carboxylic acids is 1. The van der Waals surface area contributed by atoms with Crippen LogP contribution in [0.2, 0.25) is 0 Å². The lowest BCUT2D eigenvalue weighted by Gasteiger charge is -2.29. The summed E-state index contributed by atoms with van der Waals surface area (Å²) in [6.07, 6.45) is -4.41. The van der Waals surface area contributed by atoms with Gasteiger partial charge in [-0.05, 0) is 18.1 Å². The number of thiophene rings is 1. The number of rotatable bonds is 2. The van der Waals surface area contributed by atoms with Gasteiger partial charge in [-0.3, -0.25) is 19.7 Å². The third kappa shape index (κ3) is 4.19. The summed E-state index contributed by atoms with van der Waals surface area (Å²) in [6.45, 7) is 0.848. The summed E-state index contributed by atoms with van der Waals surface area (Å²) < 4.78 is 31.7. The normalized spacial score (nSPS) is 19.6. The highest BCUT2D eigenvalue weighted by atomic mass is 32.1. The van der Waals surface area contributed by atoms with Crippen LogP contribution in [0.4, 0.5) is 13.2 Å². The summed E-state index contributed by atoms with van der Waals surface area (Å²) in [5.41, 5.74) is 6.49. The number of fused-ring (bicyclic) bond motifs is 1. The van der Waals surface area contributed by atoms with Crippen molar-refractivity contribution < 1.29 is 37.5 Å². The predicted octanol–water partition coefficient (Wildman–Crippen LogP) is 0.601. The van der Waals surface area contributed by atoms with E-state index in [1.165, 1.54) is 11.3 Å². The molecule has 3 amide bonds. The van der Waals surface area contributed by atoms with Gasteiger partial charge in [0.25, 0.3) is 5.91 Å². The van der Waals surface area contributed by atoms with E-state index in [4.69, 9.17) is 15.6 Å². The molecule has 0 saturated carbocycles. The Kier molecular flexibility index (Phi) is 5.66. The predicted molar refractivity (Wildman–Crippen MR) is 81.9 cm³/mol. The van der Waals surface area contributed by atoms with Crippen LogP contribution < -0.4 is 11.1 Å². The Balaban J connectivity index is 0.000000298. The summed E-state index contributed by atoms with van der Waals surface area (Å²) in [5, 5.41) is 9.40. The Bertz CT molecular complexity index is 761. The smallest absolute Gasteiger partial charge is 0.475 e. The standard InChI is InChI=1S/C12H13N3O3S.C2HF3O2/c13-4-7-3-6-5-15(12(18)10(6)19-7)8-1-2-9(16)14-11(8)17;3-2(4,5)1(6)7/h3,8H,1-2,4-5,13H2,(H,14,16,17);(H,6,7). The van der Waals surface area contributed by atoms with Gasteiger partial charge >= 0.3 is 12.1 Å². The first-order valence-corrected chi connectivity index (χ1v) is 8.12. The van der Waals surface area contributed by atoms with Crippen LogP contribution in [0.25, 0.3) is 0 Å². The summed E-state index contributed by atoms with van der Waals surface area (Å²) in [5.74, 6) is -3.53. The largest absolute Gasteiger partial charge is 0.490 e. The fraction of sp³-hybridized carbons (Fsp3) is 0.429. The van der Waals surface area contributed by atoms with Gasteiger partial charge in [-0.1, -0.05) is 0 Å². The average Bonchev–Trinajstić information content (AvgIpc) is 3.07. The molecular weight excluding hydrogens is 379 g/mol. The van der Waals surface area contributed by atoms with Gasteiger partial charge in [0, 0.05) is 24.4 Å². The van der Waals surface area contributed by atoms with Gasteiger partial charge < -0.3 is 15.7 Å². The molecule has 3 heterocycles. The third-order valence-corrected chi connectivity index (χ3v) is 4.87. The Morgan fingerprint density at radius 1 is 1.38 bits per heavy atom. The minimum absolute atomic E-state index is 0.130. The van der Waals surface area contributed by atoms with Crippen molar-refractivity contribution in [3.05, 3.63) is 21.4 Å². The number of carbonyl (C=O) groups is 4. The first kappa shape index (κ1) is 19.8. The second kappa shape index (κ2) is 7.41. The Morgan fingerprint density at radius 3 is 2.46 bits per heavy atom. The molecule has 1 unspecified atom stereocenters. The molecule has 0 aliphatic carbocycles. The number of aliphatic carboxylic acids is 1. The lowest BCUT2D eigenvalue weighted by molar-refractivity contribution is -0.192. The molecule has 1 aromatic heterocycles. The van der Waals surface area contributed by atoms with Crippen molar-refractivity contribution in [1.82, 2.24) is 10.2 Å². The molecule has 142 valence electrons. The van der Waals surface area contributed by atoms with E-state index in [0.29, 0.717) is 24.4 Å². The van der Waals surface area contributed by atoms with Gasteiger partial charge in [0.05, 0.1) is 4.88 Å². The van der Waals surface area contributed by atoms with Crippen molar-refractivity contribution in [2.45, 2.75) is 38.1 Å². The van der Waals surface area contributed by atoms with E-state index in [1.54, 1.807) is 4.90 Å². The number of carboxylic acid groups (broad SMARTS) is 1. The topological polar surface area (TPSA) is 130 Å². The van der Waals surface area contributed by atoms with E-state index in [2.05, 4.69) is 5.32 Å². The fourth-order valence-corrected chi connectivity index (χ4v) is 3.51. The molecule has 0 spiro atoms. The molecule has 3 rings (SSSR count). The molecule has 0 radical (unpaired) electrons. The minimum atomic E-state index is -5.08. The molecule has 4 N–H and O–H groups in total. The van der Waals surface area contributed by atoms with Crippen molar-refractivity contribution in [3.63, 3.8) is 0 Å². The zero-order valence-corrected chi connectivity index (χ0v) is 13.9. The highest BCUT2D eigenvalue weighted by Crippen LogP contribution is 2.33. The molecule has 12 heteroatoms. The molecule has 2 aliphatic rings. The van der Waals surface area contributed by atoms with Crippen LogP contribution in [0.3, 0.4) is 0 Å². The average molecular weight is 393 g/mol. The molecule has 0 bridgehead atoms. The molecule has 1 saturated heterocycles. The number of amides is 3. The molecule has 1 fully saturated rings. The van der Waals surface area contributed by atoms with Crippen molar-refractivity contribution >= 4 is 35.0 Å². The highest BCUT2D eigenvalue weighted by Gasteiger charge is 2.40. The van der Waals surface area contributed by atoms with E-state index in [-0.39, 0.29) is 24.1 Å². The number of hydrogen-bond acceptors (Lipinski definition) is 6. The van der Waals surface area contributed by atoms with Gasteiger partial charge in [0.1, 0.15) is 6.04 Å². The number of nitrogens with two attached hydrogens (primary N) is 1. The van der Waals surface area contributed by atoms with Crippen LogP contribution in [0.5, 0.6) is 0 Å². The molecule has 8 nitrogen and oxygen atoms in total. The molecule has 2 aliphatic heterocycles. The number of nitrogens with zero attached hydrogens (tertiary/aromatic N) is 1. The number of halogens is 3. The first-order chi connectivity index (χ1) is 12.0. The summed E-state index contributed by atoms with van der Waals surface area (Å²) in [4.78, 5) is 47.3. The maximum atomic E-state index is 12.3. The fourth-order valence-electron chi connectivity index (χ4n) is 2.50. The first-order valence-electron chi connectivity index (χ1n) is 7.31. The van der Waals surface area contributed by atoms with E-state index in [9.17, 15) is 27.6 Å². The molecule has 0 aromatic carbocycles. The van der Waals surface area contributed by atoms with Crippen LogP contribution in [0.15, 0.2) is 6.07 Å². The number of piperidine rings is 1. The summed E-state index contributed by atoms with van der Waals surface area (Å²) in [6, 6.07) is 1.38. The van der Waals surface area contributed by atoms with Crippen molar-refractivity contribution in [1.29, 1.82) is 0 Å². The second-order valence-corrected chi connectivity index (χ2v) is 6.61. The van der Waals surface area contributed by atoms with E-state index in [0.717, 1.165) is 10.4 Å². The third-order valence-electron chi connectivity index (χ3n) is 3.69. The van der Waals surface area contributed by atoms with Crippen LogP contribution >= 0.6 is 11.3 Å². The maximum Gasteiger partial charge on any atom is 0.490 e. The summed E-state index contributed by atoms with van der Waals surface area (Å²) in [7, 11) is 0. The lowest BCUT2D eigenvalue weighted by atomic mass is 10.0. The number of hydrogen-bond donors (Lipinski definition) is 3. The zero-order valence-electron chi connectivity index (χ0n) is 13.1. The van der Waals surface area contributed by atoms with Crippen molar-refractivity contribution in [3.8, 4) is 0 Å². The highest BCUT2D eigenvalue weighted by molar-refractivity contribution is 7.14. The van der Waals surface area contributed by atoms with E-state index < -0.39 is 18.2 Å².